The molecule has 7 nitrogen and oxygen atoms in total. The molecule has 0 amide bonds. The topological polar surface area (TPSA) is 87.5 Å². The molecule has 0 saturated carbocycles. The molecule has 144 valence electrons. The quantitative estimate of drug-likeness (QED) is 0.469. The Kier molecular flexibility index (Phi) is 5.70. The van der Waals surface area contributed by atoms with Crippen LogP contribution in [0.15, 0.2) is 48.0 Å². The average Bonchev–Trinajstić information content (AvgIpc) is 3.05. The van der Waals surface area contributed by atoms with Crippen LogP contribution in [0.1, 0.15) is 31.2 Å². The van der Waals surface area contributed by atoms with Crippen LogP contribution in [0.3, 0.4) is 0 Å². The summed E-state index contributed by atoms with van der Waals surface area (Å²) in [5, 5.41) is 0.407. The van der Waals surface area contributed by atoms with Crippen molar-refractivity contribution >= 4 is 33.5 Å². The van der Waals surface area contributed by atoms with Gasteiger partial charge in [-0.15, -0.1) is 11.3 Å². The van der Waals surface area contributed by atoms with Gasteiger partial charge in [0, 0.05) is 0 Å². The number of aromatic nitrogens is 2. The molecule has 0 saturated heterocycles. The summed E-state index contributed by atoms with van der Waals surface area (Å²) in [7, 11) is 1.32. The normalized spacial score (nSPS) is 10.6. The summed E-state index contributed by atoms with van der Waals surface area (Å²) in [6, 6.07) is 6.78. The van der Waals surface area contributed by atoms with Gasteiger partial charge in [-0.05, 0) is 30.2 Å². The van der Waals surface area contributed by atoms with Crippen molar-refractivity contribution in [3.05, 3.63) is 75.2 Å². The summed E-state index contributed by atoms with van der Waals surface area (Å²) >= 11 is 1.13. The Morgan fingerprint density at radius 2 is 1.96 bits per heavy atom. The Bertz CT molecular complexity index is 1110. The number of esters is 2. The summed E-state index contributed by atoms with van der Waals surface area (Å²) in [6.07, 6.45) is 2.94. The number of hydrogen-bond donors (Lipinski definition) is 0. The monoisotopic (exact) mass is 398 g/mol. The third kappa shape index (κ3) is 3.72. The van der Waals surface area contributed by atoms with E-state index in [9.17, 15) is 14.4 Å². The van der Waals surface area contributed by atoms with Gasteiger partial charge in [-0.2, -0.15) is 0 Å². The highest BCUT2D eigenvalue weighted by atomic mass is 32.1. The number of aryl methyl sites for hydroxylation is 1. The first-order valence-corrected chi connectivity index (χ1v) is 9.21. The first kappa shape index (κ1) is 19.5. The van der Waals surface area contributed by atoms with Gasteiger partial charge in [0.25, 0.3) is 5.56 Å². The van der Waals surface area contributed by atoms with Crippen molar-refractivity contribution in [3.8, 4) is 0 Å². The maximum absolute atomic E-state index is 12.9. The first-order chi connectivity index (χ1) is 13.5. The number of carbonyl (C=O) groups excluding carboxylic acids is 2. The molecule has 0 atom stereocenters. The third-order valence-corrected chi connectivity index (χ3v) is 5.34. The van der Waals surface area contributed by atoms with Crippen LogP contribution in [0.25, 0.3) is 10.2 Å². The average molecular weight is 398 g/mol. The number of methoxy groups -OCH3 is 1. The van der Waals surface area contributed by atoms with Gasteiger partial charge in [0.05, 0.1) is 30.9 Å². The Labute approximate surface area is 164 Å². The van der Waals surface area contributed by atoms with E-state index in [1.165, 1.54) is 24.1 Å². The molecule has 0 spiro atoms. The largest absolute Gasteiger partial charge is 0.465 e. The molecule has 8 heteroatoms. The van der Waals surface area contributed by atoms with Gasteiger partial charge in [-0.1, -0.05) is 24.8 Å². The van der Waals surface area contributed by atoms with Gasteiger partial charge < -0.3 is 9.47 Å². The molecule has 3 rings (SSSR count). The Balaban J connectivity index is 1.93. The zero-order valence-electron chi connectivity index (χ0n) is 15.4. The van der Waals surface area contributed by atoms with E-state index in [0.29, 0.717) is 26.2 Å². The van der Waals surface area contributed by atoms with Crippen LogP contribution in [0.4, 0.5) is 0 Å². The molecular weight excluding hydrogens is 380 g/mol. The van der Waals surface area contributed by atoms with Gasteiger partial charge in [0.2, 0.25) is 0 Å². The Hall–Kier alpha value is -3.26. The van der Waals surface area contributed by atoms with Gasteiger partial charge in [-0.3, -0.25) is 9.36 Å². The number of fused-ring (bicyclic) bond motifs is 1. The summed E-state index contributed by atoms with van der Waals surface area (Å²) in [4.78, 5) is 41.8. The van der Waals surface area contributed by atoms with E-state index in [-0.39, 0.29) is 18.7 Å². The van der Waals surface area contributed by atoms with Crippen LogP contribution in [0.5, 0.6) is 0 Å². The van der Waals surface area contributed by atoms with Crippen LogP contribution < -0.4 is 5.56 Å². The fraction of sp³-hybridized carbons (Fsp3) is 0.200. The number of ether oxygens (including phenoxy) is 2. The number of nitrogens with zero attached hydrogens (tertiary/aromatic N) is 2. The van der Waals surface area contributed by atoms with Crippen LogP contribution in [-0.4, -0.2) is 35.2 Å². The maximum Gasteiger partial charge on any atom is 0.348 e. The second kappa shape index (κ2) is 8.18. The molecule has 0 N–H and O–H groups in total. The van der Waals surface area contributed by atoms with Gasteiger partial charge >= 0.3 is 11.9 Å². The maximum atomic E-state index is 12.9. The molecule has 0 fully saturated rings. The van der Waals surface area contributed by atoms with Crippen molar-refractivity contribution in [3.63, 3.8) is 0 Å². The highest BCUT2D eigenvalue weighted by molar-refractivity contribution is 7.20. The third-order valence-electron chi connectivity index (χ3n) is 4.16. The standard InChI is InChI=1S/C20H18N2O5S/c1-4-9-27-20(25)16-12(2)15-17(28-16)21-11-22(18(15)23)10-13-5-7-14(8-6-13)19(24)26-3/h4-8,11H,1,9-10H2,2-3H3. The van der Waals surface area contributed by atoms with Gasteiger partial charge in [-0.25, -0.2) is 14.6 Å². The lowest BCUT2D eigenvalue weighted by atomic mass is 10.1. The lowest BCUT2D eigenvalue weighted by Crippen LogP contribution is -2.21. The summed E-state index contributed by atoms with van der Waals surface area (Å²) in [5.41, 5.74) is 1.58. The van der Waals surface area contributed by atoms with E-state index in [0.717, 1.165) is 16.9 Å². The molecule has 2 heterocycles. The van der Waals surface area contributed by atoms with E-state index in [1.807, 2.05) is 0 Å². The molecule has 0 bridgehead atoms. The predicted molar refractivity (Wildman–Crippen MR) is 106 cm³/mol. The minimum Gasteiger partial charge on any atom is -0.465 e. The lowest BCUT2D eigenvalue weighted by molar-refractivity contribution is 0.0553. The molecule has 28 heavy (non-hydrogen) atoms. The Morgan fingerprint density at radius 1 is 1.25 bits per heavy atom. The summed E-state index contributed by atoms with van der Waals surface area (Å²) < 4.78 is 11.2. The van der Waals surface area contributed by atoms with Gasteiger partial charge in [0.15, 0.2) is 0 Å². The van der Waals surface area contributed by atoms with Crippen molar-refractivity contribution in [2.45, 2.75) is 13.5 Å². The van der Waals surface area contributed by atoms with E-state index >= 15 is 0 Å². The second-order valence-electron chi connectivity index (χ2n) is 5.99. The number of carbonyl (C=O) groups is 2. The van der Waals surface area contributed by atoms with E-state index in [4.69, 9.17) is 4.74 Å². The SMILES string of the molecule is C=CCOC(=O)c1sc2ncn(Cc3ccc(C(=O)OC)cc3)c(=O)c2c1C. The molecule has 0 unspecified atom stereocenters. The zero-order valence-corrected chi connectivity index (χ0v) is 16.2. The van der Waals surface area contributed by atoms with Crippen molar-refractivity contribution in [2.24, 2.45) is 0 Å². The van der Waals surface area contributed by atoms with Crippen LogP contribution in [0, 0.1) is 6.92 Å². The van der Waals surface area contributed by atoms with E-state index in [1.54, 1.807) is 31.2 Å². The van der Waals surface area contributed by atoms with Crippen LogP contribution in [0.2, 0.25) is 0 Å². The Morgan fingerprint density at radius 3 is 2.61 bits per heavy atom. The smallest absolute Gasteiger partial charge is 0.348 e. The molecule has 0 aliphatic heterocycles. The molecule has 0 aliphatic carbocycles. The van der Waals surface area contributed by atoms with Crippen molar-refractivity contribution < 1.29 is 19.1 Å². The number of benzene rings is 1. The van der Waals surface area contributed by atoms with E-state index < -0.39 is 11.9 Å². The van der Waals surface area contributed by atoms with E-state index in [2.05, 4.69) is 16.3 Å². The molecule has 1 aromatic carbocycles. The minimum absolute atomic E-state index is 0.103. The van der Waals surface area contributed by atoms with Gasteiger partial charge in [0.1, 0.15) is 16.3 Å². The fourth-order valence-corrected chi connectivity index (χ4v) is 3.76. The molecule has 2 aromatic heterocycles. The van der Waals surface area contributed by atoms with Crippen molar-refractivity contribution in [2.75, 3.05) is 13.7 Å². The molecule has 0 radical (unpaired) electrons. The van der Waals surface area contributed by atoms with Crippen LogP contribution >= 0.6 is 11.3 Å². The lowest BCUT2D eigenvalue weighted by Gasteiger charge is -2.06. The summed E-state index contributed by atoms with van der Waals surface area (Å²) in [6.45, 7) is 5.61. The fourth-order valence-electron chi connectivity index (χ4n) is 2.73. The highest BCUT2D eigenvalue weighted by Crippen LogP contribution is 2.27. The number of hydrogen-bond acceptors (Lipinski definition) is 7. The molecule has 3 aromatic rings. The number of rotatable bonds is 6. The summed E-state index contributed by atoms with van der Waals surface area (Å²) in [5.74, 6) is -0.915. The first-order valence-electron chi connectivity index (χ1n) is 8.40. The van der Waals surface area contributed by atoms with Crippen LogP contribution in [-0.2, 0) is 16.0 Å². The second-order valence-corrected chi connectivity index (χ2v) is 6.99. The van der Waals surface area contributed by atoms with Crippen molar-refractivity contribution in [1.82, 2.24) is 9.55 Å². The van der Waals surface area contributed by atoms with Crippen molar-refractivity contribution in [1.29, 1.82) is 0 Å². The predicted octanol–water partition coefficient (Wildman–Crippen LogP) is 2.94. The molecular formula is C20H18N2O5S. The number of thiophene rings is 1. The zero-order chi connectivity index (χ0) is 20.3. The minimum atomic E-state index is -0.496. The highest BCUT2D eigenvalue weighted by Gasteiger charge is 2.20. The molecule has 0 aliphatic rings.